The molecule has 5 unspecified atom stereocenters. The third-order valence-electron chi connectivity index (χ3n) is 8.03. The number of amides is 1. The Bertz CT molecular complexity index is 680. The SMILES string of the molecule is CC(O[Si](C)(C)C(C)(C)C)C1C(=O)N([Si](C)(C)C(C)(C)C)C1C1OCCC(O)C1=O. The van der Waals surface area contributed by atoms with Crippen LogP contribution in [0.5, 0.6) is 0 Å². The molecule has 0 aliphatic carbocycles. The predicted molar refractivity (Wildman–Crippen MR) is 124 cm³/mol. The lowest BCUT2D eigenvalue weighted by Gasteiger charge is -2.61. The summed E-state index contributed by atoms with van der Waals surface area (Å²) in [6, 6.07) is -0.374. The first-order chi connectivity index (χ1) is 13.3. The van der Waals surface area contributed by atoms with Crippen molar-refractivity contribution < 1.29 is 23.9 Å². The molecule has 8 heteroatoms. The third kappa shape index (κ3) is 4.35. The lowest BCUT2D eigenvalue weighted by Crippen LogP contribution is -2.79. The molecule has 0 bridgehead atoms. The molecule has 30 heavy (non-hydrogen) atoms. The first-order valence-electron chi connectivity index (χ1n) is 11.2. The van der Waals surface area contributed by atoms with E-state index in [2.05, 4.69) is 67.7 Å². The average Bonchev–Trinajstić information content (AvgIpc) is 2.52. The number of ether oxygens (including phenoxy) is 1. The summed E-state index contributed by atoms with van der Waals surface area (Å²) in [4.78, 5) is 26.4. The summed E-state index contributed by atoms with van der Waals surface area (Å²) in [5, 5.41) is 10.2. The van der Waals surface area contributed by atoms with E-state index >= 15 is 0 Å². The summed E-state index contributed by atoms with van der Waals surface area (Å²) in [5.41, 5.74) is 0. The van der Waals surface area contributed by atoms with Crippen molar-refractivity contribution in [2.75, 3.05) is 6.61 Å². The molecule has 5 atom stereocenters. The van der Waals surface area contributed by atoms with Gasteiger partial charge < -0.3 is 18.8 Å². The molecular formula is C22H43NO5Si2. The number of aliphatic hydroxyl groups is 1. The van der Waals surface area contributed by atoms with Crippen LogP contribution >= 0.6 is 0 Å². The van der Waals surface area contributed by atoms with E-state index in [0.29, 0.717) is 13.0 Å². The van der Waals surface area contributed by atoms with Gasteiger partial charge in [0.15, 0.2) is 22.3 Å². The number of Topliss-reactive ketones (excluding diaryl/α,β-unsaturated/α-hetero) is 1. The summed E-state index contributed by atoms with van der Waals surface area (Å²) in [5.74, 6) is -0.659. The van der Waals surface area contributed by atoms with Crippen molar-refractivity contribution in [2.24, 2.45) is 5.92 Å². The molecule has 0 aromatic rings. The maximum absolute atomic E-state index is 13.5. The quantitative estimate of drug-likeness (QED) is 0.500. The van der Waals surface area contributed by atoms with Crippen LogP contribution < -0.4 is 0 Å². The van der Waals surface area contributed by atoms with Crippen molar-refractivity contribution in [3.05, 3.63) is 0 Å². The Labute approximate surface area is 184 Å². The Balaban J connectivity index is 2.42. The molecule has 174 valence electrons. The molecule has 0 radical (unpaired) electrons. The van der Waals surface area contributed by atoms with Gasteiger partial charge in [-0.3, -0.25) is 9.59 Å². The smallest absolute Gasteiger partial charge is 0.222 e. The largest absolute Gasteiger partial charge is 0.413 e. The highest BCUT2D eigenvalue weighted by atomic mass is 28.4. The van der Waals surface area contributed by atoms with E-state index < -0.39 is 34.7 Å². The van der Waals surface area contributed by atoms with Crippen LogP contribution in [0.4, 0.5) is 0 Å². The van der Waals surface area contributed by atoms with Gasteiger partial charge >= 0.3 is 0 Å². The number of aliphatic hydroxyl groups excluding tert-OH is 1. The minimum atomic E-state index is -2.24. The van der Waals surface area contributed by atoms with E-state index in [1.54, 1.807) is 0 Å². The second-order valence-electron chi connectivity index (χ2n) is 12.1. The second kappa shape index (κ2) is 8.10. The summed E-state index contributed by atoms with van der Waals surface area (Å²) < 4.78 is 14.4. The summed E-state index contributed by atoms with van der Waals surface area (Å²) in [7, 11) is -4.33. The zero-order valence-electron chi connectivity index (χ0n) is 20.8. The van der Waals surface area contributed by atoms with Gasteiger partial charge in [0, 0.05) is 6.42 Å². The molecule has 2 heterocycles. The highest BCUT2D eigenvalue weighted by Gasteiger charge is 2.63. The van der Waals surface area contributed by atoms with E-state index in [1.165, 1.54) is 0 Å². The van der Waals surface area contributed by atoms with Gasteiger partial charge in [-0.05, 0) is 30.1 Å². The van der Waals surface area contributed by atoms with Crippen molar-refractivity contribution in [2.45, 2.75) is 116 Å². The maximum Gasteiger partial charge on any atom is 0.222 e. The van der Waals surface area contributed by atoms with Crippen LogP contribution in [-0.4, -0.2) is 68.9 Å². The van der Waals surface area contributed by atoms with Crippen LogP contribution in [0.25, 0.3) is 0 Å². The fourth-order valence-corrected chi connectivity index (χ4v) is 7.94. The topological polar surface area (TPSA) is 76.1 Å². The van der Waals surface area contributed by atoms with Crippen LogP contribution in [0.2, 0.25) is 36.3 Å². The Morgan fingerprint density at radius 3 is 2.07 bits per heavy atom. The van der Waals surface area contributed by atoms with E-state index in [9.17, 15) is 14.7 Å². The summed E-state index contributed by atoms with van der Waals surface area (Å²) in [6.07, 6.45) is -1.79. The molecule has 1 amide bonds. The van der Waals surface area contributed by atoms with Gasteiger partial charge in [-0.15, -0.1) is 0 Å². The zero-order valence-corrected chi connectivity index (χ0v) is 22.8. The van der Waals surface area contributed by atoms with Crippen LogP contribution in [0, 0.1) is 5.92 Å². The molecule has 0 aromatic carbocycles. The lowest BCUT2D eigenvalue weighted by atomic mass is 9.79. The van der Waals surface area contributed by atoms with Gasteiger partial charge in [0.05, 0.1) is 24.7 Å². The summed E-state index contributed by atoms with van der Waals surface area (Å²) >= 11 is 0. The van der Waals surface area contributed by atoms with Crippen LogP contribution in [0.1, 0.15) is 54.9 Å². The Morgan fingerprint density at radius 1 is 1.07 bits per heavy atom. The first kappa shape index (κ1) is 25.7. The highest BCUT2D eigenvalue weighted by Crippen LogP contribution is 2.48. The number of carbonyl (C=O) groups excluding carboxylic acids is 2. The fourth-order valence-electron chi connectivity index (χ4n) is 4.05. The zero-order chi connectivity index (χ0) is 23.4. The fraction of sp³-hybridized carbons (Fsp3) is 0.909. The molecule has 2 aliphatic rings. The number of hydrogen-bond acceptors (Lipinski definition) is 5. The van der Waals surface area contributed by atoms with E-state index in [-0.39, 0.29) is 33.9 Å². The highest BCUT2D eigenvalue weighted by molar-refractivity contribution is 6.80. The van der Waals surface area contributed by atoms with Crippen molar-refractivity contribution in [1.82, 2.24) is 4.57 Å². The van der Waals surface area contributed by atoms with Crippen molar-refractivity contribution >= 4 is 28.2 Å². The molecular weight excluding hydrogens is 414 g/mol. The molecule has 1 N–H and O–H groups in total. The molecule has 2 saturated heterocycles. The summed E-state index contributed by atoms with van der Waals surface area (Å²) in [6.45, 7) is 24.0. The van der Waals surface area contributed by atoms with Crippen LogP contribution in [0.3, 0.4) is 0 Å². The number of nitrogens with zero attached hydrogens (tertiary/aromatic N) is 1. The molecule has 2 fully saturated rings. The average molecular weight is 458 g/mol. The number of hydrogen-bond donors (Lipinski definition) is 1. The lowest BCUT2D eigenvalue weighted by molar-refractivity contribution is -0.177. The van der Waals surface area contributed by atoms with Crippen LogP contribution in [0.15, 0.2) is 0 Å². The van der Waals surface area contributed by atoms with Gasteiger partial charge in [0.1, 0.15) is 12.2 Å². The van der Waals surface area contributed by atoms with Gasteiger partial charge in [-0.2, -0.15) is 0 Å². The van der Waals surface area contributed by atoms with Gasteiger partial charge in [0.2, 0.25) is 5.91 Å². The molecule has 0 aromatic heterocycles. The third-order valence-corrected chi connectivity index (χ3v) is 18.0. The second-order valence-corrected chi connectivity index (χ2v) is 22.0. The number of β-lactam (4-membered cyclic amide) rings is 1. The number of ketones is 1. The van der Waals surface area contributed by atoms with Gasteiger partial charge in [-0.25, -0.2) is 0 Å². The van der Waals surface area contributed by atoms with E-state index in [4.69, 9.17) is 9.16 Å². The van der Waals surface area contributed by atoms with E-state index in [0.717, 1.165) is 0 Å². The Hall–Kier alpha value is -0.546. The Kier molecular flexibility index (Phi) is 6.94. The first-order valence-corrected chi connectivity index (χ1v) is 17.0. The minimum absolute atomic E-state index is 0.0238. The molecule has 0 saturated carbocycles. The molecule has 6 nitrogen and oxygen atoms in total. The van der Waals surface area contributed by atoms with Crippen molar-refractivity contribution in [3.8, 4) is 0 Å². The van der Waals surface area contributed by atoms with Crippen LogP contribution in [-0.2, 0) is 18.8 Å². The normalized spacial score (nSPS) is 30.3. The standard InChI is InChI=1S/C22H43NO5Si2/c1-14(28-30(10,11)22(5,6)7)16-17(19-18(25)15(24)12-13-27-19)23(20(16)26)29(8,9)21(2,3)4/h14-17,19,24H,12-13H2,1-11H3. The Morgan fingerprint density at radius 2 is 1.60 bits per heavy atom. The van der Waals surface area contributed by atoms with Crippen molar-refractivity contribution in [1.29, 1.82) is 0 Å². The van der Waals surface area contributed by atoms with Crippen molar-refractivity contribution in [3.63, 3.8) is 0 Å². The number of rotatable bonds is 5. The minimum Gasteiger partial charge on any atom is -0.413 e. The monoisotopic (exact) mass is 457 g/mol. The van der Waals surface area contributed by atoms with E-state index in [1.807, 2.05) is 11.5 Å². The molecule has 2 aliphatic heterocycles. The number of carbonyl (C=O) groups is 2. The van der Waals surface area contributed by atoms with Gasteiger partial charge in [0.25, 0.3) is 0 Å². The molecule has 2 rings (SSSR count). The predicted octanol–water partition coefficient (Wildman–Crippen LogP) is 3.95. The maximum atomic E-state index is 13.5. The van der Waals surface area contributed by atoms with Gasteiger partial charge in [-0.1, -0.05) is 54.6 Å². The molecule has 0 spiro atoms.